The van der Waals surface area contributed by atoms with E-state index in [0.717, 1.165) is 16.6 Å². The molecule has 0 radical (unpaired) electrons. The van der Waals surface area contributed by atoms with Gasteiger partial charge in [0, 0.05) is 18.5 Å². The summed E-state index contributed by atoms with van der Waals surface area (Å²) in [6, 6.07) is 22.6. The zero-order valence-corrected chi connectivity index (χ0v) is 17.5. The number of aromatic nitrogens is 2. The molecule has 0 bridgehead atoms. The fourth-order valence-corrected chi connectivity index (χ4v) is 4.08. The van der Waals surface area contributed by atoms with E-state index >= 15 is 0 Å². The Labute approximate surface area is 185 Å². The Morgan fingerprint density at radius 1 is 1.06 bits per heavy atom. The maximum Gasteiger partial charge on any atom is 0.229 e. The number of fused-ring (bicyclic) bond motifs is 1. The molecule has 2 heterocycles. The molecule has 1 aliphatic heterocycles. The first-order valence-electron chi connectivity index (χ1n) is 10.4. The molecule has 1 unspecified atom stereocenters. The Balaban J connectivity index is 1.38. The van der Waals surface area contributed by atoms with E-state index in [2.05, 4.69) is 15.3 Å². The van der Waals surface area contributed by atoms with Crippen molar-refractivity contribution in [1.82, 2.24) is 9.97 Å². The molecule has 160 valence electrons. The summed E-state index contributed by atoms with van der Waals surface area (Å²) in [4.78, 5) is 35.3. The van der Waals surface area contributed by atoms with E-state index < -0.39 is 5.92 Å². The Morgan fingerprint density at radius 3 is 2.66 bits per heavy atom. The lowest BCUT2D eigenvalue weighted by atomic mass is 10.1. The minimum absolute atomic E-state index is 0.0970. The number of para-hydroxylation sites is 5. The van der Waals surface area contributed by atoms with E-state index in [-0.39, 0.29) is 18.2 Å². The van der Waals surface area contributed by atoms with E-state index in [0.29, 0.717) is 29.5 Å². The highest BCUT2D eigenvalue weighted by Gasteiger charge is 2.36. The minimum atomic E-state index is -0.462. The summed E-state index contributed by atoms with van der Waals surface area (Å²) in [5.41, 5.74) is 3.91. The molecule has 2 N–H and O–H groups in total. The smallest absolute Gasteiger partial charge is 0.229 e. The van der Waals surface area contributed by atoms with Gasteiger partial charge in [0.1, 0.15) is 11.6 Å². The summed E-state index contributed by atoms with van der Waals surface area (Å²) in [6.45, 7) is 0.303. The maximum absolute atomic E-state index is 13.1. The number of hydrogen-bond acceptors (Lipinski definition) is 4. The Hall–Kier alpha value is -4.13. The van der Waals surface area contributed by atoms with E-state index in [1.54, 1.807) is 18.1 Å². The lowest BCUT2D eigenvalue weighted by Gasteiger charge is -2.19. The molecule has 0 spiro atoms. The van der Waals surface area contributed by atoms with Crippen LogP contribution in [0.15, 0.2) is 72.8 Å². The van der Waals surface area contributed by atoms with Crippen LogP contribution in [0.3, 0.4) is 0 Å². The molecule has 1 atom stereocenters. The van der Waals surface area contributed by atoms with Crippen molar-refractivity contribution in [3.05, 3.63) is 72.8 Å². The third-order valence-corrected chi connectivity index (χ3v) is 5.70. The SMILES string of the molecule is COc1ccccc1N1CC(C(=O)Nc2ccccc2-c2nc3ccccc3[nH]2)CC1=O. The highest BCUT2D eigenvalue weighted by atomic mass is 16.5. The van der Waals surface area contributed by atoms with Crippen molar-refractivity contribution in [1.29, 1.82) is 0 Å². The molecule has 3 aromatic carbocycles. The number of imidazole rings is 1. The number of nitrogens with one attached hydrogen (secondary N) is 2. The van der Waals surface area contributed by atoms with Gasteiger partial charge in [0.2, 0.25) is 11.8 Å². The van der Waals surface area contributed by atoms with Gasteiger partial charge >= 0.3 is 0 Å². The summed E-state index contributed by atoms with van der Waals surface area (Å²) in [7, 11) is 1.57. The second-order valence-electron chi connectivity index (χ2n) is 7.71. The van der Waals surface area contributed by atoms with Gasteiger partial charge in [0.25, 0.3) is 0 Å². The zero-order chi connectivity index (χ0) is 22.1. The Morgan fingerprint density at radius 2 is 1.81 bits per heavy atom. The number of nitrogens with zero attached hydrogens (tertiary/aromatic N) is 2. The third kappa shape index (κ3) is 3.58. The predicted molar refractivity (Wildman–Crippen MR) is 124 cm³/mol. The lowest BCUT2D eigenvalue weighted by molar-refractivity contribution is -0.122. The third-order valence-electron chi connectivity index (χ3n) is 5.70. The fraction of sp³-hybridized carbons (Fsp3) is 0.160. The van der Waals surface area contributed by atoms with Crippen LogP contribution >= 0.6 is 0 Å². The number of amides is 2. The van der Waals surface area contributed by atoms with Crippen molar-refractivity contribution in [3.8, 4) is 17.1 Å². The van der Waals surface area contributed by atoms with Crippen molar-refractivity contribution in [2.24, 2.45) is 5.92 Å². The molecule has 4 aromatic rings. The number of methoxy groups -OCH3 is 1. The molecule has 5 rings (SSSR count). The van der Waals surface area contributed by atoms with Crippen LogP contribution in [0.5, 0.6) is 5.75 Å². The predicted octanol–water partition coefficient (Wildman–Crippen LogP) is 4.23. The second kappa shape index (κ2) is 8.19. The first-order valence-corrected chi connectivity index (χ1v) is 10.4. The van der Waals surface area contributed by atoms with Gasteiger partial charge in [-0.3, -0.25) is 9.59 Å². The van der Waals surface area contributed by atoms with E-state index in [9.17, 15) is 9.59 Å². The first-order chi connectivity index (χ1) is 15.6. The monoisotopic (exact) mass is 426 g/mol. The molecule has 1 aromatic heterocycles. The second-order valence-corrected chi connectivity index (χ2v) is 7.71. The summed E-state index contributed by atoms with van der Waals surface area (Å²) in [5, 5.41) is 3.01. The number of carbonyl (C=O) groups excluding carboxylic acids is 2. The molecule has 1 fully saturated rings. The van der Waals surface area contributed by atoms with Gasteiger partial charge in [-0.2, -0.15) is 0 Å². The number of benzene rings is 3. The van der Waals surface area contributed by atoms with Crippen LogP contribution < -0.4 is 15.0 Å². The molecule has 7 heteroatoms. The molecule has 32 heavy (non-hydrogen) atoms. The van der Waals surface area contributed by atoms with E-state index in [1.165, 1.54) is 0 Å². The average molecular weight is 426 g/mol. The van der Waals surface area contributed by atoms with Crippen LogP contribution in [-0.4, -0.2) is 35.4 Å². The molecule has 0 saturated carbocycles. The fourth-order valence-electron chi connectivity index (χ4n) is 4.08. The van der Waals surface area contributed by atoms with Crippen LogP contribution in [0.4, 0.5) is 11.4 Å². The van der Waals surface area contributed by atoms with Gasteiger partial charge < -0.3 is 19.9 Å². The van der Waals surface area contributed by atoms with Crippen LogP contribution in [-0.2, 0) is 9.59 Å². The topological polar surface area (TPSA) is 87.3 Å². The highest BCUT2D eigenvalue weighted by molar-refractivity contribution is 6.05. The van der Waals surface area contributed by atoms with Gasteiger partial charge in [-0.15, -0.1) is 0 Å². The van der Waals surface area contributed by atoms with Gasteiger partial charge in [0.15, 0.2) is 0 Å². The summed E-state index contributed by atoms with van der Waals surface area (Å²) in [6.07, 6.45) is 0.149. The zero-order valence-electron chi connectivity index (χ0n) is 17.5. The summed E-state index contributed by atoms with van der Waals surface area (Å²) < 4.78 is 5.38. The van der Waals surface area contributed by atoms with E-state index in [1.807, 2.05) is 66.7 Å². The summed E-state index contributed by atoms with van der Waals surface area (Å²) in [5.74, 6) is 0.535. The first kappa shape index (κ1) is 19.8. The number of ether oxygens (including phenoxy) is 1. The van der Waals surface area contributed by atoms with Crippen LogP contribution in [0.2, 0.25) is 0 Å². The van der Waals surface area contributed by atoms with Crippen molar-refractivity contribution < 1.29 is 14.3 Å². The van der Waals surface area contributed by atoms with Crippen LogP contribution in [0.1, 0.15) is 6.42 Å². The molecule has 1 aliphatic rings. The number of H-pyrrole nitrogens is 1. The molecular weight excluding hydrogens is 404 g/mol. The molecular formula is C25H22N4O3. The largest absolute Gasteiger partial charge is 0.495 e. The maximum atomic E-state index is 13.1. The van der Waals surface area contributed by atoms with Gasteiger partial charge in [-0.05, 0) is 36.4 Å². The van der Waals surface area contributed by atoms with Gasteiger partial charge in [-0.1, -0.05) is 36.4 Å². The van der Waals surface area contributed by atoms with Gasteiger partial charge in [0.05, 0.1) is 35.4 Å². The summed E-state index contributed by atoms with van der Waals surface area (Å²) >= 11 is 0. The number of rotatable bonds is 5. The molecule has 1 saturated heterocycles. The standard InChI is InChI=1S/C25H22N4O3/c1-32-22-13-7-6-12-21(22)29-15-16(14-23(29)30)25(31)28-18-9-3-2-8-17(18)24-26-19-10-4-5-11-20(19)27-24/h2-13,16H,14-15H2,1H3,(H,26,27)(H,28,31). The quantitative estimate of drug-likeness (QED) is 0.500. The van der Waals surface area contributed by atoms with Crippen LogP contribution in [0, 0.1) is 5.92 Å². The van der Waals surface area contributed by atoms with Crippen molar-refractivity contribution in [2.75, 3.05) is 23.9 Å². The van der Waals surface area contributed by atoms with Crippen molar-refractivity contribution in [2.45, 2.75) is 6.42 Å². The number of aromatic amines is 1. The number of hydrogen-bond donors (Lipinski definition) is 2. The van der Waals surface area contributed by atoms with Crippen molar-refractivity contribution >= 4 is 34.2 Å². The Bertz CT molecular complexity index is 1280. The molecule has 7 nitrogen and oxygen atoms in total. The number of carbonyl (C=O) groups is 2. The number of anilines is 2. The lowest BCUT2D eigenvalue weighted by Crippen LogP contribution is -2.28. The van der Waals surface area contributed by atoms with Crippen LogP contribution in [0.25, 0.3) is 22.4 Å². The minimum Gasteiger partial charge on any atom is -0.495 e. The van der Waals surface area contributed by atoms with E-state index in [4.69, 9.17) is 4.74 Å². The van der Waals surface area contributed by atoms with Gasteiger partial charge in [-0.25, -0.2) is 4.98 Å². The highest BCUT2D eigenvalue weighted by Crippen LogP contribution is 2.34. The average Bonchev–Trinajstić information content (AvgIpc) is 3.43. The van der Waals surface area contributed by atoms with Crippen molar-refractivity contribution in [3.63, 3.8) is 0 Å². The molecule has 0 aliphatic carbocycles. The molecule has 2 amide bonds. The normalized spacial score (nSPS) is 15.8. The Kier molecular flexibility index (Phi) is 5.07.